The number of halogens is 3. The quantitative estimate of drug-likeness (QED) is 0.782. The van der Waals surface area contributed by atoms with Crippen LogP contribution in [0.1, 0.15) is 32.3 Å². The van der Waals surface area contributed by atoms with E-state index in [1.165, 1.54) is 6.07 Å². The lowest BCUT2D eigenvalue weighted by molar-refractivity contribution is -0.139. The minimum atomic E-state index is -4.40. The smallest absolute Gasteiger partial charge is 0.416 e. The fraction of sp³-hybridized carbons (Fsp3) is 0.471. The van der Waals surface area contributed by atoms with Crippen LogP contribution in [0.2, 0.25) is 0 Å². The second kappa shape index (κ2) is 6.03. The Balaban J connectivity index is 1.93. The molecular formula is C17H19F3N2O2. The average Bonchev–Trinajstić information content (AvgIpc) is 3.30. The Morgan fingerprint density at radius 3 is 2.62 bits per heavy atom. The highest BCUT2D eigenvalue weighted by atomic mass is 19.4. The van der Waals surface area contributed by atoms with Gasteiger partial charge in [-0.05, 0) is 44.9 Å². The third-order valence-corrected chi connectivity index (χ3v) is 4.23. The molecule has 0 atom stereocenters. The summed E-state index contributed by atoms with van der Waals surface area (Å²) >= 11 is 0. The fourth-order valence-corrected chi connectivity index (χ4v) is 2.94. The molecular weight excluding hydrogens is 321 g/mol. The minimum absolute atomic E-state index is 0.225. The van der Waals surface area contributed by atoms with Crippen molar-refractivity contribution in [1.82, 2.24) is 5.01 Å². The number of rotatable bonds is 4. The lowest BCUT2D eigenvalue weighted by Gasteiger charge is -2.33. The Kier molecular flexibility index (Phi) is 4.19. The maximum absolute atomic E-state index is 13.0. The van der Waals surface area contributed by atoms with Gasteiger partial charge in [-0.1, -0.05) is 6.07 Å². The molecule has 1 aromatic rings. The van der Waals surface area contributed by atoms with Gasteiger partial charge in [0.15, 0.2) is 0 Å². The number of carbonyl (C=O) groups excluding carboxylic acids is 1. The van der Waals surface area contributed by atoms with E-state index in [1.807, 2.05) is 11.9 Å². The second-order valence-electron chi connectivity index (χ2n) is 5.97. The van der Waals surface area contributed by atoms with E-state index in [2.05, 4.69) is 0 Å². The van der Waals surface area contributed by atoms with Crippen LogP contribution >= 0.6 is 0 Å². The third kappa shape index (κ3) is 3.07. The summed E-state index contributed by atoms with van der Waals surface area (Å²) in [6.07, 6.45) is -2.47. The first-order chi connectivity index (χ1) is 11.3. The van der Waals surface area contributed by atoms with Crippen LogP contribution in [0.15, 0.2) is 35.5 Å². The number of hydrazine groups is 1. The van der Waals surface area contributed by atoms with Crippen LogP contribution in [0.5, 0.6) is 0 Å². The molecule has 3 rings (SSSR count). The van der Waals surface area contributed by atoms with E-state index in [9.17, 15) is 18.0 Å². The first-order valence-electron chi connectivity index (χ1n) is 7.93. The van der Waals surface area contributed by atoms with Gasteiger partial charge < -0.3 is 4.74 Å². The zero-order valence-electron chi connectivity index (χ0n) is 13.6. The van der Waals surface area contributed by atoms with Crippen LogP contribution in [0.25, 0.3) is 0 Å². The number of alkyl halides is 3. The van der Waals surface area contributed by atoms with Crippen LogP contribution in [0, 0.1) is 0 Å². The molecule has 0 bridgehead atoms. The largest absolute Gasteiger partial charge is 0.463 e. The van der Waals surface area contributed by atoms with Gasteiger partial charge in [0.2, 0.25) is 0 Å². The highest BCUT2D eigenvalue weighted by molar-refractivity contribution is 5.91. The van der Waals surface area contributed by atoms with Gasteiger partial charge in [-0.15, -0.1) is 0 Å². The highest BCUT2D eigenvalue weighted by Gasteiger charge is 2.41. The van der Waals surface area contributed by atoms with Crippen LogP contribution in [0.3, 0.4) is 0 Å². The molecule has 24 heavy (non-hydrogen) atoms. The number of allylic oxidation sites excluding steroid dienone is 1. The van der Waals surface area contributed by atoms with Crippen LogP contribution in [-0.2, 0) is 15.7 Å². The third-order valence-electron chi connectivity index (χ3n) is 4.23. The molecule has 130 valence electrons. The minimum Gasteiger partial charge on any atom is -0.463 e. The molecule has 0 amide bonds. The van der Waals surface area contributed by atoms with Crippen molar-refractivity contribution in [3.05, 3.63) is 41.1 Å². The first kappa shape index (κ1) is 16.7. The zero-order chi connectivity index (χ0) is 17.5. The van der Waals surface area contributed by atoms with Gasteiger partial charge in [-0.2, -0.15) is 13.2 Å². The Bertz CT molecular complexity index is 681. The van der Waals surface area contributed by atoms with E-state index < -0.39 is 17.7 Å². The number of nitrogens with zero attached hydrogens (tertiary/aromatic N) is 2. The molecule has 4 nitrogen and oxygen atoms in total. The summed E-state index contributed by atoms with van der Waals surface area (Å²) in [4.78, 5) is 12.1. The maximum atomic E-state index is 13.0. The molecule has 0 spiro atoms. The van der Waals surface area contributed by atoms with Gasteiger partial charge in [0.25, 0.3) is 0 Å². The van der Waals surface area contributed by atoms with E-state index in [0.29, 0.717) is 11.3 Å². The van der Waals surface area contributed by atoms with E-state index in [4.69, 9.17) is 4.74 Å². The number of benzene rings is 1. The Labute approximate surface area is 138 Å². The highest BCUT2D eigenvalue weighted by Crippen LogP contribution is 2.40. The molecule has 0 radical (unpaired) electrons. The summed E-state index contributed by atoms with van der Waals surface area (Å²) in [6.45, 7) is 4.04. The van der Waals surface area contributed by atoms with Crippen molar-refractivity contribution in [3.63, 3.8) is 0 Å². The van der Waals surface area contributed by atoms with Crippen LogP contribution < -0.4 is 5.01 Å². The summed E-state index contributed by atoms with van der Waals surface area (Å²) in [5.74, 6) is -0.407. The zero-order valence-corrected chi connectivity index (χ0v) is 13.6. The molecule has 1 aliphatic carbocycles. The molecule has 1 heterocycles. The number of ether oxygens (including phenoxy) is 1. The summed E-state index contributed by atoms with van der Waals surface area (Å²) in [5.41, 5.74) is 0.989. The Morgan fingerprint density at radius 2 is 2.04 bits per heavy atom. The Morgan fingerprint density at radius 1 is 1.33 bits per heavy atom. The number of hydrogen-bond acceptors (Lipinski definition) is 4. The molecule has 1 aliphatic heterocycles. The predicted octanol–water partition coefficient (Wildman–Crippen LogP) is 3.74. The fourth-order valence-electron chi connectivity index (χ4n) is 2.94. The van der Waals surface area contributed by atoms with Gasteiger partial charge in [-0.3, -0.25) is 10.0 Å². The standard InChI is InChI=1S/C17H19F3N2O2/c1-3-24-16(23)15-10-21(22(11(15)2)13-7-8-13)14-6-4-5-12(9-14)17(18,19)20/h4-6,9,13H,3,7-8,10H2,1-2H3. The maximum Gasteiger partial charge on any atom is 0.416 e. The average molecular weight is 340 g/mol. The summed E-state index contributed by atoms with van der Waals surface area (Å²) < 4.78 is 44.0. The topological polar surface area (TPSA) is 32.8 Å². The molecule has 2 aliphatic rings. The molecule has 0 unspecified atom stereocenters. The molecule has 0 N–H and O–H groups in total. The molecule has 7 heteroatoms. The summed E-state index contributed by atoms with van der Waals surface area (Å²) in [6, 6.07) is 5.42. The molecule has 1 saturated carbocycles. The van der Waals surface area contributed by atoms with Crippen molar-refractivity contribution in [3.8, 4) is 0 Å². The monoisotopic (exact) mass is 340 g/mol. The van der Waals surface area contributed by atoms with Crippen molar-refractivity contribution in [2.24, 2.45) is 0 Å². The van der Waals surface area contributed by atoms with E-state index in [-0.39, 0.29) is 19.2 Å². The second-order valence-corrected chi connectivity index (χ2v) is 5.97. The molecule has 1 aromatic carbocycles. The number of esters is 1. The van der Waals surface area contributed by atoms with E-state index in [1.54, 1.807) is 18.0 Å². The van der Waals surface area contributed by atoms with Crippen molar-refractivity contribution in [2.45, 2.75) is 38.9 Å². The number of anilines is 1. The Hall–Kier alpha value is -2.18. The predicted molar refractivity (Wildman–Crippen MR) is 83.0 cm³/mol. The lowest BCUT2D eigenvalue weighted by Crippen LogP contribution is -2.39. The van der Waals surface area contributed by atoms with Crippen LogP contribution in [0.4, 0.5) is 18.9 Å². The number of hydrogen-bond donors (Lipinski definition) is 0. The number of carbonyl (C=O) groups is 1. The SMILES string of the molecule is CCOC(=O)C1=C(C)N(C2CC2)N(c2cccc(C(F)(F)F)c2)C1. The van der Waals surface area contributed by atoms with E-state index >= 15 is 0 Å². The van der Waals surface area contributed by atoms with Crippen molar-refractivity contribution >= 4 is 11.7 Å². The van der Waals surface area contributed by atoms with Crippen molar-refractivity contribution < 1.29 is 22.7 Å². The van der Waals surface area contributed by atoms with Crippen molar-refractivity contribution in [2.75, 3.05) is 18.2 Å². The van der Waals surface area contributed by atoms with Gasteiger partial charge in [-0.25, -0.2) is 4.79 Å². The van der Waals surface area contributed by atoms with Gasteiger partial charge in [0, 0.05) is 5.70 Å². The van der Waals surface area contributed by atoms with Crippen molar-refractivity contribution in [1.29, 1.82) is 0 Å². The molecule has 0 aromatic heterocycles. The summed E-state index contributed by atoms with van der Waals surface area (Å²) in [7, 11) is 0. The molecule has 0 saturated heterocycles. The van der Waals surface area contributed by atoms with E-state index in [0.717, 1.165) is 30.7 Å². The lowest BCUT2D eigenvalue weighted by atomic mass is 10.2. The summed E-state index contributed by atoms with van der Waals surface area (Å²) in [5, 5.41) is 3.68. The van der Waals surface area contributed by atoms with Crippen LogP contribution in [-0.4, -0.2) is 30.2 Å². The van der Waals surface area contributed by atoms with Gasteiger partial charge in [0.1, 0.15) is 0 Å². The van der Waals surface area contributed by atoms with Gasteiger partial charge >= 0.3 is 12.1 Å². The molecule has 1 fully saturated rings. The normalized spacial score (nSPS) is 18.4. The first-order valence-corrected chi connectivity index (χ1v) is 7.93. The van der Waals surface area contributed by atoms with Gasteiger partial charge in [0.05, 0.1) is 36.0 Å².